The molecule has 1 N–H and O–H groups in total. The molecule has 0 aliphatic rings. The summed E-state index contributed by atoms with van der Waals surface area (Å²) in [5.41, 5.74) is -6.17. The van der Waals surface area contributed by atoms with Gasteiger partial charge in [-0.3, -0.25) is 4.79 Å². The van der Waals surface area contributed by atoms with E-state index in [9.17, 15) is 27.6 Å². The monoisotopic (exact) mass is 634 g/mol. The van der Waals surface area contributed by atoms with E-state index in [0.29, 0.717) is 10.5 Å². The molecule has 0 spiro atoms. The van der Waals surface area contributed by atoms with Crippen LogP contribution in [0.1, 0.15) is 71.4 Å². The molecule has 0 aliphatic heterocycles. The van der Waals surface area contributed by atoms with Crippen molar-refractivity contribution in [2.75, 3.05) is 4.90 Å². The quantitative estimate of drug-likeness (QED) is 0.240. The lowest BCUT2D eigenvalue weighted by molar-refractivity contribution is -0.299. The second-order valence-electron chi connectivity index (χ2n) is 12.2. The van der Waals surface area contributed by atoms with Gasteiger partial charge in [-0.15, -0.1) is 16.8 Å². The molecule has 0 fully saturated rings. The number of allylic oxidation sites excluding steroid dienone is 1. The minimum Gasteiger partial charge on any atom is -0.443 e. The largest absolute Gasteiger partial charge is 0.443 e. The fourth-order valence-electron chi connectivity index (χ4n) is 4.00. The first-order valence-corrected chi connectivity index (χ1v) is 14.0. The normalized spacial score (nSPS) is 13.6. The van der Waals surface area contributed by atoms with E-state index in [1.54, 1.807) is 71.9 Å². The predicted molar refractivity (Wildman–Crippen MR) is 158 cm³/mol. The summed E-state index contributed by atoms with van der Waals surface area (Å²) in [6, 6.07) is 9.36. The predicted octanol–water partition coefficient (Wildman–Crippen LogP) is 7.35. The van der Waals surface area contributed by atoms with E-state index < -0.39 is 71.2 Å². The van der Waals surface area contributed by atoms with Crippen molar-refractivity contribution in [3.8, 4) is 11.6 Å². The number of halogens is 3. The number of aromatic nitrogens is 3. The van der Waals surface area contributed by atoms with Crippen molar-refractivity contribution >= 4 is 17.9 Å². The molecule has 0 saturated heterocycles. The maximum atomic E-state index is 14.9. The molecule has 1 atom stereocenters. The second-order valence-corrected chi connectivity index (χ2v) is 12.2. The maximum Gasteiger partial charge on any atom is 0.426 e. The number of hydrogen-bond acceptors (Lipinski definition) is 9. The summed E-state index contributed by atoms with van der Waals surface area (Å²) in [5.74, 6) is -1.60. The van der Waals surface area contributed by atoms with Gasteiger partial charge < -0.3 is 23.6 Å². The SMILES string of the molecule is C=CCC[C@@](OCc1ccccc1)(c1nnc(-c2[nH]c(=O)c(C)cc2N(C(=O)OC(C)(C)C)C(=O)OC(C)(C)C)o1)C(F)(F)F. The summed E-state index contributed by atoms with van der Waals surface area (Å²) in [5, 5.41) is 7.48. The number of aromatic amines is 1. The first-order valence-electron chi connectivity index (χ1n) is 14.0. The highest BCUT2D eigenvalue weighted by Gasteiger charge is 2.61. The van der Waals surface area contributed by atoms with Crippen LogP contribution in [0, 0.1) is 6.92 Å². The Morgan fingerprint density at radius 3 is 2.09 bits per heavy atom. The molecule has 11 nitrogen and oxygen atoms in total. The van der Waals surface area contributed by atoms with Crippen LogP contribution in [0.5, 0.6) is 0 Å². The third-order valence-electron chi connectivity index (χ3n) is 6.07. The van der Waals surface area contributed by atoms with Crippen LogP contribution in [-0.4, -0.2) is 44.7 Å². The number of benzene rings is 1. The van der Waals surface area contributed by atoms with Crippen molar-refractivity contribution in [1.29, 1.82) is 0 Å². The molecule has 14 heteroatoms. The van der Waals surface area contributed by atoms with Crippen molar-refractivity contribution in [1.82, 2.24) is 15.2 Å². The highest BCUT2D eigenvalue weighted by atomic mass is 19.4. The molecular weight excluding hydrogens is 597 g/mol. The number of anilines is 1. The highest BCUT2D eigenvalue weighted by molar-refractivity contribution is 6.11. The summed E-state index contributed by atoms with van der Waals surface area (Å²) in [6.45, 7) is 13.9. The molecule has 0 bridgehead atoms. The zero-order valence-electron chi connectivity index (χ0n) is 26.2. The molecule has 2 amide bonds. The van der Waals surface area contributed by atoms with Crippen LogP contribution in [0.25, 0.3) is 11.6 Å². The van der Waals surface area contributed by atoms with Crippen molar-refractivity contribution < 1.29 is 41.4 Å². The Morgan fingerprint density at radius 2 is 1.58 bits per heavy atom. The number of aryl methyl sites for hydroxylation is 1. The Hall–Kier alpha value is -4.46. The van der Waals surface area contributed by atoms with Gasteiger partial charge in [0, 0.05) is 5.56 Å². The van der Waals surface area contributed by atoms with E-state index in [4.69, 9.17) is 18.6 Å². The van der Waals surface area contributed by atoms with E-state index in [1.807, 2.05) is 0 Å². The van der Waals surface area contributed by atoms with E-state index in [0.717, 1.165) is 6.07 Å². The van der Waals surface area contributed by atoms with Crippen LogP contribution in [0.15, 0.2) is 58.3 Å². The minimum absolute atomic E-state index is 0.0485. The summed E-state index contributed by atoms with van der Waals surface area (Å²) < 4.78 is 66.6. The number of ether oxygens (including phenoxy) is 3. The molecule has 0 radical (unpaired) electrons. The Kier molecular flexibility index (Phi) is 10.3. The molecule has 45 heavy (non-hydrogen) atoms. The lowest BCUT2D eigenvalue weighted by atomic mass is 9.96. The van der Waals surface area contributed by atoms with Crippen molar-refractivity contribution in [2.45, 2.75) is 90.9 Å². The van der Waals surface area contributed by atoms with Crippen LogP contribution < -0.4 is 10.5 Å². The Labute approximate surface area is 258 Å². The highest BCUT2D eigenvalue weighted by Crippen LogP contribution is 2.46. The maximum absolute atomic E-state index is 14.9. The molecular formula is C31H37F3N4O7. The van der Waals surface area contributed by atoms with Crippen LogP contribution in [0.3, 0.4) is 0 Å². The van der Waals surface area contributed by atoms with E-state index in [-0.39, 0.29) is 17.7 Å². The third-order valence-corrected chi connectivity index (χ3v) is 6.07. The van der Waals surface area contributed by atoms with Crippen LogP contribution in [0.4, 0.5) is 28.4 Å². The molecule has 2 heterocycles. The van der Waals surface area contributed by atoms with Gasteiger partial charge in [-0.2, -0.15) is 18.1 Å². The Balaban J connectivity index is 2.23. The van der Waals surface area contributed by atoms with Gasteiger partial charge in [0.15, 0.2) is 0 Å². The van der Waals surface area contributed by atoms with E-state index in [2.05, 4.69) is 21.8 Å². The molecule has 0 saturated carbocycles. The van der Waals surface area contributed by atoms with Gasteiger partial charge in [-0.05, 0) is 72.9 Å². The number of pyridine rings is 1. The zero-order valence-corrected chi connectivity index (χ0v) is 26.2. The molecule has 0 aliphatic carbocycles. The van der Waals surface area contributed by atoms with Gasteiger partial charge >= 0.3 is 18.4 Å². The molecule has 3 aromatic rings. The van der Waals surface area contributed by atoms with Crippen LogP contribution >= 0.6 is 0 Å². The standard InChI is InChI=1S/C31H37F3N4O7/c1-9-10-16-30(31(32,33)34,42-18-20-14-12-11-13-15-20)25-37-36-24(43-25)22-21(17-19(2)23(39)35-22)38(26(40)44-28(3,4)5)27(41)45-29(6,7)8/h9,11-15,17H,1,10,16,18H2,2-8H3,(H,35,39)/t30-/m1/s1. The topological polar surface area (TPSA) is 137 Å². The molecule has 3 rings (SSSR count). The van der Waals surface area contributed by atoms with E-state index in [1.165, 1.54) is 13.0 Å². The molecule has 244 valence electrons. The summed E-state index contributed by atoms with van der Waals surface area (Å²) in [4.78, 5) is 42.4. The summed E-state index contributed by atoms with van der Waals surface area (Å²) in [7, 11) is 0. The van der Waals surface area contributed by atoms with Gasteiger partial charge in [0.25, 0.3) is 17.3 Å². The summed E-state index contributed by atoms with van der Waals surface area (Å²) in [6.07, 6.45) is -6.93. The van der Waals surface area contributed by atoms with Crippen molar-refractivity contribution in [2.24, 2.45) is 0 Å². The van der Waals surface area contributed by atoms with Gasteiger partial charge in [0.05, 0.1) is 12.3 Å². The number of hydrogen-bond donors (Lipinski definition) is 1. The first-order chi connectivity index (χ1) is 20.8. The van der Waals surface area contributed by atoms with Gasteiger partial charge in [-0.1, -0.05) is 36.4 Å². The fourth-order valence-corrected chi connectivity index (χ4v) is 4.00. The first kappa shape index (κ1) is 35.0. The van der Waals surface area contributed by atoms with Crippen molar-refractivity contribution in [3.63, 3.8) is 0 Å². The molecule has 2 aromatic heterocycles. The number of nitrogens with zero attached hydrogens (tertiary/aromatic N) is 3. The minimum atomic E-state index is -5.04. The Bertz CT molecular complexity index is 1540. The zero-order chi connectivity index (χ0) is 33.8. The van der Waals surface area contributed by atoms with Crippen LogP contribution in [0.2, 0.25) is 0 Å². The van der Waals surface area contributed by atoms with Gasteiger partial charge in [-0.25, -0.2) is 9.59 Å². The van der Waals surface area contributed by atoms with Gasteiger partial charge in [0.2, 0.25) is 5.60 Å². The average molecular weight is 635 g/mol. The molecule has 1 aromatic carbocycles. The average Bonchev–Trinajstić information content (AvgIpc) is 3.39. The number of amides is 2. The lowest BCUT2D eigenvalue weighted by Gasteiger charge is -2.32. The second kappa shape index (κ2) is 13.3. The van der Waals surface area contributed by atoms with E-state index >= 15 is 0 Å². The van der Waals surface area contributed by atoms with Crippen molar-refractivity contribution in [3.05, 3.63) is 76.4 Å². The Morgan fingerprint density at radius 1 is 1.00 bits per heavy atom. The number of alkyl halides is 3. The molecule has 0 unspecified atom stereocenters. The lowest BCUT2D eigenvalue weighted by Crippen LogP contribution is -2.45. The third kappa shape index (κ3) is 8.59. The number of imide groups is 1. The smallest absolute Gasteiger partial charge is 0.426 e. The summed E-state index contributed by atoms with van der Waals surface area (Å²) >= 11 is 0. The number of nitrogens with one attached hydrogen (secondary N) is 1. The number of H-pyrrole nitrogens is 1. The van der Waals surface area contributed by atoms with Crippen LogP contribution in [-0.2, 0) is 26.4 Å². The number of carbonyl (C=O) groups is 2. The fraction of sp³-hybridized carbons (Fsp3) is 0.452. The number of rotatable bonds is 9. The number of carbonyl (C=O) groups excluding carboxylic acids is 2. The van der Waals surface area contributed by atoms with Gasteiger partial charge in [0.1, 0.15) is 16.9 Å².